The number of ether oxygens (including phenoxy) is 1. The molecule has 0 aromatic heterocycles. The van der Waals surface area contributed by atoms with Crippen LogP contribution in [-0.4, -0.2) is 18.5 Å². The maximum Gasteiger partial charge on any atom is 0.446 e. The minimum absolute atomic E-state index is 0.00102. The number of nitrogens with one attached hydrogen (secondary N) is 1. The number of hydrogen-bond donors (Lipinski definition) is 1. The van der Waals surface area contributed by atoms with Crippen LogP contribution in [0.2, 0.25) is 0 Å². The molecule has 2 aromatic carbocycles. The lowest BCUT2D eigenvalue weighted by molar-refractivity contribution is -0.0328. The third kappa shape index (κ3) is 4.92. The van der Waals surface area contributed by atoms with E-state index < -0.39 is 11.4 Å². The van der Waals surface area contributed by atoms with Crippen LogP contribution in [0.4, 0.5) is 13.2 Å². The topological polar surface area (TPSA) is 38.3 Å². The van der Waals surface area contributed by atoms with E-state index in [9.17, 15) is 18.0 Å². The van der Waals surface area contributed by atoms with Crippen molar-refractivity contribution in [2.24, 2.45) is 0 Å². The van der Waals surface area contributed by atoms with Crippen LogP contribution < -0.4 is 10.1 Å². The fourth-order valence-corrected chi connectivity index (χ4v) is 2.79. The van der Waals surface area contributed by atoms with Crippen LogP contribution in [0.5, 0.6) is 5.75 Å². The first-order valence-electron chi connectivity index (χ1n) is 7.06. The van der Waals surface area contributed by atoms with Gasteiger partial charge < -0.3 is 10.1 Å². The van der Waals surface area contributed by atoms with Gasteiger partial charge in [-0.25, -0.2) is 0 Å². The summed E-state index contributed by atoms with van der Waals surface area (Å²) < 4.78 is 42.9. The van der Waals surface area contributed by atoms with Crippen molar-refractivity contribution in [3.05, 3.63) is 59.2 Å². The van der Waals surface area contributed by atoms with Gasteiger partial charge >= 0.3 is 5.51 Å². The van der Waals surface area contributed by atoms with E-state index in [1.165, 1.54) is 24.3 Å². The van der Waals surface area contributed by atoms with Crippen molar-refractivity contribution >= 4 is 17.7 Å². The maximum atomic E-state index is 12.6. The molecule has 1 N–H and O–H groups in total. The Hall–Kier alpha value is -2.15. The molecule has 0 atom stereocenters. The van der Waals surface area contributed by atoms with Gasteiger partial charge in [-0.15, -0.1) is 0 Å². The van der Waals surface area contributed by atoms with Crippen molar-refractivity contribution in [1.82, 2.24) is 5.32 Å². The Bertz CT molecular complexity index is 732. The summed E-state index contributed by atoms with van der Waals surface area (Å²) in [6, 6.07) is 11.1. The van der Waals surface area contributed by atoms with Crippen molar-refractivity contribution in [2.45, 2.75) is 23.9 Å². The van der Waals surface area contributed by atoms with Gasteiger partial charge in [0.25, 0.3) is 5.91 Å². The Morgan fingerprint density at radius 1 is 1.21 bits per heavy atom. The van der Waals surface area contributed by atoms with E-state index in [1.807, 2.05) is 19.1 Å². The van der Waals surface area contributed by atoms with E-state index in [0.29, 0.717) is 5.75 Å². The number of benzene rings is 2. The quantitative estimate of drug-likeness (QED) is 0.800. The van der Waals surface area contributed by atoms with Crippen LogP contribution in [0.15, 0.2) is 47.4 Å². The zero-order valence-electron chi connectivity index (χ0n) is 13.1. The lowest BCUT2D eigenvalue weighted by Crippen LogP contribution is -2.23. The molecule has 0 aliphatic heterocycles. The average molecular weight is 355 g/mol. The molecular formula is C17H16F3NO2S. The number of alkyl halides is 3. The van der Waals surface area contributed by atoms with E-state index in [1.54, 1.807) is 13.2 Å². The van der Waals surface area contributed by atoms with E-state index in [4.69, 9.17) is 4.74 Å². The van der Waals surface area contributed by atoms with Gasteiger partial charge in [0.15, 0.2) is 0 Å². The Morgan fingerprint density at radius 2 is 1.92 bits per heavy atom. The number of rotatable bonds is 5. The fraction of sp³-hybridized carbons (Fsp3) is 0.235. The summed E-state index contributed by atoms with van der Waals surface area (Å²) in [7, 11) is 1.55. The molecule has 0 fully saturated rings. The normalized spacial score (nSPS) is 11.2. The van der Waals surface area contributed by atoms with Crippen molar-refractivity contribution in [3.63, 3.8) is 0 Å². The molecule has 7 heteroatoms. The van der Waals surface area contributed by atoms with E-state index in [-0.39, 0.29) is 28.8 Å². The molecule has 0 aliphatic carbocycles. The van der Waals surface area contributed by atoms with Crippen molar-refractivity contribution in [3.8, 4) is 5.75 Å². The van der Waals surface area contributed by atoms with Crippen molar-refractivity contribution in [2.75, 3.05) is 7.11 Å². The number of methoxy groups -OCH3 is 1. The fourth-order valence-electron chi connectivity index (χ4n) is 2.12. The Kier molecular flexibility index (Phi) is 5.77. The van der Waals surface area contributed by atoms with Crippen LogP contribution >= 0.6 is 11.8 Å². The van der Waals surface area contributed by atoms with Crippen LogP contribution in [0.25, 0.3) is 0 Å². The van der Waals surface area contributed by atoms with E-state index in [0.717, 1.165) is 11.1 Å². The first-order valence-corrected chi connectivity index (χ1v) is 7.88. The second kappa shape index (κ2) is 7.61. The first kappa shape index (κ1) is 18.2. The van der Waals surface area contributed by atoms with Crippen LogP contribution in [-0.2, 0) is 6.54 Å². The summed E-state index contributed by atoms with van der Waals surface area (Å²) in [5.41, 5.74) is -2.69. The van der Waals surface area contributed by atoms with Gasteiger partial charge in [-0.3, -0.25) is 4.79 Å². The number of carbonyl (C=O) groups is 1. The summed E-state index contributed by atoms with van der Waals surface area (Å²) in [4.78, 5) is 12.1. The number of aryl methyl sites for hydroxylation is 1. The van der Waals surface area contributed by atoms with Gasteiger partial charge in [-0.1, -0.05) is 24.3 Å². The second-order valence-corrected chi connectivity index (χ2v) is 6.14. The molecule has 2 aromatic rings. The summed E-state index contributed by atoms with van der Waals surface area (Å²) in [6.07, 6.45) is 0. The summed E-state index contributed by atoms with van der Waals surface area (Å²) in [5.74, 6) is 0.136. The lowest BCUT2D eigenvalue weighted by Gasteiger charge is -2.12. The molecule has 2 rings (SSSR count). The van der Waals surface area contributed by atoms with Crippen LogP contribution in [0.1, 0.15) is 21.5 Å². The van der Waals surface area contributed by atoms with Gasteiger partial charge in [0.2, 0.25) is 0 Å². The molecule has 0 unspecified atom stereocenters. The highest BCUT2D eigenvalue weighted by atomic mass is 32.2. The Labute approximate surface area is 142 Å². The molecule has 1 amide bonds. The second-order valence-electron chi connectivity index (χ2n) is 5.03. The van der Waals surface area contributed by atoms with Crippen molar-refractivity contribution < 1.29 is 22.7 Å². The SMILES string of the molecule is COc1cc(CNC(=O)c2ccccc2SC(F)(F)F)ccc1C. The molecule has 24 heavy (non-hydrogen) atoms. The molecule has 0 bridgehead atoms. The third-order valence-corrected chi connectivity index (χ3v) is 4.09. The van der Waals surface area contributed by atoms with Gasteiger partial charge in [-0.05, 0) is 48.0 Å². The summed E-state index contributed by atoms with van der Waals surface area (Å²) >= 11 is -0.295. The standard InChI is InChI=1S/C17H16F3NO2S/c1-11-7-8-12(9-14(11)23-2)10-21-16(22)13-5-3-4-6-15(13)24-17(18,19)20/h3-9H,10H2,1-2H3,(H,21,22). The zero-order chi connectivity index (χ0) is 17.7. The molecule has 3 nitrogen and oxygen atoms in total. The smallest absolute Gasteiger partial charge is 0.446 e. The summed E-state index contributed by atoms with van der Waals surface area (Å²) in [6.45, 7) is 2.09. The van der Waals surface area contributed by atoms with Crippen molar-refractivity contribution in [1.29, 1.82) is 0 Å². The molecular weight excluding hydrogens is 339 g/mol. The molecule has 0 spiro atoms. The van der Waals surface area contributed by atoms with Gasteiger partial charge in [-0.2, -0.15) is 13.2 Å². The van der Waals surface area contributed by atoms with Gasteiger partial charge in [0, 0.05) is 11.4 Å². The van der Waals surface area contributed by atoms with Crippen LogP contribution in [0, 0.1) is 6.92 Å². The number of hydrogen-bond acceptors (Lipinski definition) is 3. The number of thioether (sulfide) groups is 1. The summed E-state index contributed by atoms with van der Waals surface area (Å²) in [5, 5.41) is 2.64. The number of halogens is 3. The molecule has 0 radical (unpaired) electrons. The largest absolute Gasteiger partial charge is 0.496 e. The number of amides is 1. The minimum atomic E-state index is -4.44. The predicted molar refractivity (Wildman–Crippen MR) is 87.3 cm³/mol. The van der Waals surface area contributed by atoms with Crippen LogP contribution in [0.3, 0.4) is 0 Å². The van der Waals surface area contributed by atoms with Gasteiger partial charge in [0.05, 0.1) is 12.7 Å². The lowest BCUT2D eigenvalue weighted by atomic mass is 10.1. The molecule has 128 valence electrons. The number of carbonyl (C=O) groups excluding carboxylic acids is 1. The highest BCUT2D eigenvalue weighted by Crippen LogP contribution is 2.38. The van der Waals surface area contributed by atoms with Gasteiger partial charge in [0.1, 0.15) is 5.75 Å². The molecule has 0 heterocycles. The average Bonchev–Trinajstić information content (AvgIpc) is 2.52. The Balaban J connectivity index is 2.11. The molecule has 0 saturated heterocycles. The molecule has 0 saturated carbocycles. The third-order valence-electron chi connectivity index (χ3n) is 3.28. The molecule has 0 aliphatic rings. The maximum absolute atomic E-state index is 12.6. The highest BCUT2D eigenvalue weighted by Gasteiger charge is 2.31. The first-order chi connectivity index (χ1) is 11.3. The predicted octanol–water partition coefficient (Wildman–Crippen LogP) is 4.55. The highest BCUT2D eigenvalue weighted by molar-refractivity contribution is 8.00. The van der Waals surface area contributed by atoms with E-state index >= 15 is 0 Å². The van der Waals surface area contributed by atoms with E-state index in [2.05, 4.69) is 5.32 Å². The Morgan fingerprint density at radius 3 is 2.58 bits per heavy atom. The zero-order valence-corrected chi connectivity index (χ0v) is 13.9. The monoisotopic (exact) mass is 355 g/mol. The minimum Gasteiger partial charge on any atom is -0.496 e.